The van der Waals surface area contributed by atoms with Crippen molar-refractivity contribution in [3.8, 4) is 0 Å². The van der Waals surface area contributed by atoms with E-state index in [1.54, 1.807) is 0 Å². The molecule has 2 fully saturated rings. The molecule has 6 aliphatic rings. The van der Waals surface area contributed by atoms with Crippen molar-refractivity contribution in [2.75, 3.05) is 0 Å². The van der Waals surface area contributed by atoms with E-state index in [1.807, 2.05) is 6.08 Å². The average Bonchev–Trinajstić information content (AvgIpc) is 3.16. The van der Waals surface area contributed by atoms with Crippen LogP contribution in [0.4, 0.5) is 0 Å². The molecule has 0 unspecified atom stereocenters. The number of allylic oxidation sites excluding steroid dienone is 3. The molecule has 4 heteroatoms. The molecule has 2 aliphatic heterocycles. The fraction of sp³-hybridized carbons (Fsp3) is 0.583. The van der Waals surface area contributed by atoms with Crippen LogP contribution >= 0.6 is 0 Å². The lowest BCUT2D eigenvalue weighted by Gasteiger charge is -2.58. The molecule has 2 heterocycles. The smallest absolute Gasteiger partial charge is 0.339 e. The number of hydrogen-bond donors (Lipinski definition) is 0. The van der Waals surface area contributed by atoms with E-state index >= 15 is 0 Å². The normalized spacial score (nSPS) is 39.4. The Morgan fingerprint density at radius 2 is 2.07 bits per heavy atom. The lowest BCUT2D eigenvalue weighted by molar-refractivity contribution is -0.170. The van der Waals surface area contributed by atoms with Crippen LogP contribution in [0.3, 0.4) is 0 Å². The molecule has 2 bridgehead atoms. The summed E-state index contributed by atoms with van der Waals surface area (Å²) >= 11 is 0. The molecule has 4 aliphatic carbocycles. The van der Waals surface area contributed by atoms with Crippen LogP contribution in [0.2, 0.25) is 0 Å². The minimum Gasteiger partial charge on any atom is -0.450 e. The second-order valence-electron chi connectivity index (χ2n) is 8.80. The first-order chi connectivity index (χ1) is 13.6. The van der Waals surface area contributed by atoms with Crippen molar-refractivity contribution in [1.29, 1.82) is 0 Å². The summed E-state index contributed by atoms with van der Waals surface area (Å²) in [5, 5.41) is 0. The van der Waals surface area contributed by atoms with Crippen LogP contribution in [0, 0.1) is 17.3 Å². The number of carbonyl (C=O) groups excluding carboxylic acids is 2. The Morgan fingerprint density at radius 1 is 1.21 bits per heavy atom. The number of rotatable bonds is 4. The van der Waals surface area contributed by atoms with Crippen LogP contribution < -0.4 is 0 Å². The lowest BCUT2D eigenvalue weighted by atomic mass is 9.46. The summed E-state index contributed by atoms with van der Waals surface area (Å²) in [6.45, 7) is 4.31. The van der Waals surface area contributed by atoms with Crippen molar-refractivity contribution in [3.63, 3.8) is 0 Å². The first-order valence-electron chi connectivity index (χ1n) is 10.9. The SMILES string of the molecule is CCC/C=C1\OC(=O)C2=C[C@H]3CC[C@]21[C@@H](CCC)[C@]31OC(=O)C2=C1CCC=C2. The Bertz CT molecular complexity index is 873. The predicted molar refractivity (Wildman–Crippen MR) is 105 cm³/mol. The topological polar surface area (TPSA) is 52.6 Å². The van der Waals surface area contributed by atoms with Gasteiger partial charge >= 0.3 is 11.9 Å². The molecule has 1 saturated heterocycles. The molecule has 0 aromatic rings. The summed E-state index contributed by atoms with van der Waals surface area (Å²) in [5.74, 6) is 0.585. The van der Waals surface area contributed by atoms with Gasteiger partial charge in [0.15, 0.2) is 0 Å². The Labute approximate surface area is 166 Å². The van der Waals surface area contributed by atoms with Gasteiger partial charge in [-0.25, -0.2) is 9.59 Å². The molecule has 6 rings (SSSR count). The second-order valence-corrected chi connectivity index (χ2v) is 8.80. The van der Waals surface area contributed by atoms with E-state index in [0.29, 0.717) is 0 Å². The molecule has 4 nitrogen and oxygen atoms in total. The van der Waals surface area contributed by atoms with E-state index in [9.17, 15) is 9.59 Å². The van der Waals surface area contributed by atoms with Crippen LogP contribution in [0.5, 0.6) is 0 Å². The highest BCUT2D eigenvalue weighted by Gasteiger charge is 2.71. The van der Waals surface area contributed by atoms with Crippen LogP contribution in [0.25, 0.3) is 0 Å². The third-order valence-electron chi connectivity index (χ3n) is 7.54. The fourth-order valence-corrected chi connectivity index (χ4v) is 6.56. The van der Waals surface area contributed by atoms with Gasteiger partial charge in [0.2, 0.25) is 0 Å². The molecule has 1 saturated carbocycles. The van der Waals surface area contributed by atoms with Crippen molar-refractivity contribution in [2.45, 2.75) is 70.8 Å². The molecule has 0 aromatic carbocycles. The number of esters is 2. The van der Waals surface area contributed by atoms with Crippen LogP contribution in [-0.2, 0) is 19.1 Å². The summed E-state index contributed by atoms with van der Waals surface area (Å²) in [4.78, 5) is 25.7. The Balaban J connectivity index is 1.74. The van der Waals surface area contributed by atoms with E-state index in [0.717, 1.165) is 68.3 Å². The predicted octanol–water partition coefficient (Wildman–Crippen LogP) is 4.92. The molecular weight excluding hydrogens is 352 g/mol. The fourth-order valence-electron chi connectivity index (χ4n) is 6.56. The van der Waals surface area contributed by atoms with Crippen molar-refractivity contribution in [1.82, 2.24) is 0 Å². The molecule has 0 aromatic heterocycles. The standard InChI is InChI=1S/C24H28O4/c1-3-5-11-20-23-13-12-15(14-18(23)22(26)27-20)24(19(23)8-4-2)17-10-7-6-9-16(17)21(25)28-24/h6,9,11,14-15,19H,3-5,7-8,10,12-13H2,1-2H3/b20-11-/t15-,19-,23-,24+/m1/s1. The zero-order valence-corrected chi connectivity index (χ0v) is 16.8. The van der Waals surface area contributed by atoms with Crippen molar-refractivity contribution in [2.24, 2.45) is 17.3 Å². The number of carbonyl (C=O) groups is 2. The number of cyclic esters (lactones) is 1. The molecule has 148 valence electrons. The maximum absolute atomic E-state index is 12.9. The van der Waals surface area contributed by atoms with Gasteiger partial charge in [-0.3, -0.25) is 0 Å². The molecular formula is C24H28O4. The zero-order valence-electron chi connectivity index (χ0n) is 16.8. The Morgan fingerprint density at radius 3 is 2.86 bits per heavy atom. The minimum atomic E-state index is -0.603. The van der Waals surface area contributed by atoms with Crippen LogP contribution in [0.15, 0.2) is 46.8 Å². The average molecular weight is 380 g/mol. The maximum atomic E-state index is 12.9. The van der Waals surface area contributed by atoms with Gasteiger partial charge in [-0.1, -0.05) is 44.9 Å². The van der Waals surface area contributed by atoms with Gasteiger partial charge < -0.3 is 9.47 Å². The molecule has 0 radical (unpaired) electrons. The van der Waals surface area contributed by atoms with Crippen LogP contribution in [-0.4, -0.2) is 17.5 Å². The number of ether oxygens (including phenoxy) is 2. The minimum absolute atomic E-state index is 0.0706. The summed E-state index contributed by atoms with van der Waals surface area (Å²) in [5.41, 5.74) is 1.73. The maximum Gasteiger partial charge on any atom is 0.339 e. The van der Waals surface area contributed by atoms with Gasteiger partial charge in [0.1, 0.15) is 11.4 Å². The van der Waals surface area contributed by atoms with Gasteiger partial charge in [-0.05, 0) is 50.2 Å². The highest BCUT2D eigenvalue weighted by Crippen LogP contribution is 2.70. The van der Waals surface area contributed by atoms with Crippen LogP contribution in [0.1, 0.15) is 65.2 Å². The number of unbranched alkanes of at least 4 members (excludes halogenated alkanes) is 1. The van der Waals surface area contributed by atoms with Crippen molar-refractivity contribution < 1.29 is 19.1 Å². The summed E-state index contributed by atoms with van der Waals surface area (Å²) < 4.78 is 12.2. The third kappa shape index (κ3) is 2.01. The van der Waals surface area contributed by atoms with E-state index in [4.69, 9.17) is 9.47 Å². The quantitative estimate of drug-likeness (QED) is 0.650. The highest BCUT2D eigenvalue weighted by molar-refractivity contribution is 5.99. The summed E-state index contributed by atoms with van der Waals surface area (Å²) in [6.07, 6.45) is 15.7. The third-order valence-corrected chi connectivity index (χ3v) is 7.54. The summed E-state index contributed by atoms with van der Waals surface area (Å²) in [7, 11) is 0. The zero-order chi connectivity index (χ0) is 19.5. The molecule has 0 N–H and O–H groups in total. The second kappa shape index (κ2) is 6.20. The Kier molecular flexibility index (Phi) is 3.98. The molecule has 4 atom stereocenters. The van der Waals surface area contributed by atoms with E-state index in [2.05, 4.69) is 32.1 Å². The van der Waals surface area contributed by atoms with E-state index in [1.165, 1.54) is 5.57 Å². The first kappa shape index (κ1) is 18.0. The van der Waals surface area contributed by atoms with E-state index < -0.39 is 11.0 Å². The van der Waals surface area contributed by atoms with Gasteiger partial charge in [0.05, 0.1) is 11.0 Å². The van der Waals surface area contributed by atoms with Crippen molar-refractivity contribution >= 4 is 11.9 Å². The van der Waals surface area contributed by atoms with Gasteiger partial charge in [0.25, 0.3) is 0 Å². The van der Waals surface area contributed by atoms with Gasteiger partial charge in [0, 0.05) is 17.4 Å². The largest absolute Gasteiger partial charge is 0.450 e. The van der Waals surface area contributed by atoms with Gasteiger partial charge in [-0.2, -0.15) is 0 Å². The molecule has 28 heavy (non-hydrogen) atoms. The lowest BCUT2D eigenvalue weighted by Crippen LogP contribution is -2.60. The first-order valence-corrected chi connectivity index (χ1v) is 10.9. The van der Waals surface area contributed by atoms with E-state index in [-0.39, 0.29) is 23.8 Å². The number of fused-ring (bicyclic) bond motifs is 1. The molecule has 0 amide bonds. The number of hydrogen-bond acceptors (Lipinski definition) is 4. The van der Waals surface area contributed by atoms with Gasteiger partial charge in [-0.15, -0.1) is 0 Å². The summed E-state index contributed by atoms with van der Waals surface area (Å²) in [6, 6.07) is 0. The monoisotopic (exact) mass is 380 g/mol. The Hall–Kier alpha value is -2.10. The molecule has 2 spiro atoms. The highest BCUT2D eigenvalue weighted by atomic mass is 16.6. The van der Waals surface area contributed by atoms with Crippen molar-refractivity contribution in [3.05, 3.63) is 46.8 Å².